The molecule has 0 saturated heterocycles. The Bertz CT molecular complexity index is 987. The van der Waals surface area contributed by atoms with Crippen LogP contribution < -0.4 is 15.0 Å². The maximum Gasteiger partial charge on any atom is 0.331 e. The fourth-order valence-electron chi connectivity index (χ4n) is 3.16. The molecule has 0 bridgehead atoms. The number of rotatable bonds is 5. The normalized spacial score (nSPS) is 12.9. The van der Waals surface area contributed by atoms with E-state index in [4.69, 9.17) is 4.74 Å². The summed E-state index contributed by atoms with van der Waals surface area (Å²) in [5.74, 6) is -0.0784. The van der Waals surface area contributed by atoms with Crippen LogP contribution in [-0.4, -0.2) is 29.9 Å². The highest BCUT2D eigenvalue weighted by Crippen LogP contribution is 2.31. The van der Waals surface area contributed by atoms with E-state index in [-0.39, 0.29) is 25.0 Å². The Morgan fingerprint density at radius 3 is 2.50 bits per heavy atom. The van der Waals surface area contributed by atoms with Gasteiger partial charge in [0.15, 0.2) is 5.75 Å². The molecule has 28 heavy (non-hydrogen) atoms. The molecule has 0 unspecified atom stereocenters. The zero-order valence-electron chi connectivity index (χ0n) is 15.2. The average Bonchev–Trinajstić information content (AvgIpc) is 2.70. The number of nitrogens with zero attached hydrogens (tertiary/aromatic N) is 2. The number of hydrogen-bond acceptors (Lipinski definition) is 5. The molecule has 0 spiro atoms. The lowest BCUT2D eigenvalue weighted by Crippen LogP contribution is -2.41. The SMILES string of the molecule is O=C(CN1CC(=O)Oc2ccccc21)Nc1ccc(Cc2ccncc2)cc1. The molecule has 6 nitrogen and oxygen atoms in total. The fraction of sp³-hybridized carbons (Fsp3) is 0.136. The number of pyridine rings is 1. The number of anilines is 2. The van der Waals surface area contributed by atoms with Crippen LogP contribution in [0.4, 0.5) is 11.4 Å². The van der Waals surface area contributed by atoms with Gasteiger partial charge in [0.25, 0.3) is 0 Å². The van der Waals surface area contributed by atoms with Crippen LogP contribution in [0.25, 0.3) is 0 Å². The maximum absolute atomic E-state index is 12.5. The van der Waals surface area contributed by atoms with Gasteiger partial charge in [-0.15, -0.1) is 0 Å². The van der Waals surface area contributed by atoms with Crippen LogP contribution in [0.5, 0.6) is 5.75 Å². The van der Waals surface area contributed by atoms with E-state index in [1.54, 1.807) is 29.4 Å². The monoisotopic (exact) mass is 373 g/mol. The largest absolute Gasteiger partial charge is 0.423 e. The molecule has 140 valence electrons. The van der Waals surface area contributed by atoms with Gasteiger partial charge in [-0.05, 0) is 53.9 Å². The van der Waals surface area contributed by atoms with Gasteiger partial charge in [-0.2, -0.15) is 0 Å². The highest BCUT2D eigenvalue weighted by Gasteiger charge is 2.25. The van der Waals surface area contributed by atoms with Crippen LogP contribution >= 0.6 is 0 Å². The number of ether oxygens (including phenoxy) is 1. The van der Waals surface area contributed by atoms with Crippen molar-refractivity contribution in [3.63, 3.8) is 0 Å². The molecule has 4 rings (SSSR count). The van der Waals surface area contributed by atoms with Gasteiger partial charge < -0.3 is 15.0 Å². The summed E-state index contributed by atoms with van der Waals surface area (Å²) >= 11 is 0. The molecule has 6 heteroatoms. The van der Waals surface area contributed by atoms with Crippen LogP contribution in [0.2, 0.25) is 0 Å². The summed E-state index contributed by atoms with van der Waals surface area (Å²) in [6, 6.07) is 18.9. The first kappa shape index (κ1) is 17.7. The van der Waals surface area contributed by atoms with Gasteiger partial charge in [-0.25, -0.2) is 4.79 Å². The first-order valence-electron chi connectivity index (χ1n) is 9.00. The third kappa shape index (κ3) is 4.17. The second-order valence-corrected chi connectivity index (χ2v) is 6.58. The van der Waals surface area contributed by atoms with Gasteiger partial charge in [0, 0.05) is 18.1 Å². The molecule has 0 saturated carbocycles. The minimum atomic E-state index is -0.369. The first-order chi connectivity index (χ1) is 13.7. The number of nitrogens with one attached hydrogen (secondary N) is 1. The molecular weight excluding hydrogens is 354 g/mol. The van der Waals surface area contributed by atoms with Crippen molar-refractivity contribution in [1.29, 1.82) is 0 Å². The van der Waals surface area contributed by atoms with Crippen molar-refractivity contribution in [3.05, 3.63) is 84.2 Å². The van der Waals surface area contributed by atoms with E-state index in [0.717, 1.165) is 23.4 Å². The number of carbonyl (C=O) groups is 2. The lowest BCUT2D eigenvalue weighted by Gasteiger charge is -2.29. The van der Waals surface area contributed by atoms with Crippen molar-refractivity contribution in [2.24, 2.45) is 0 Å². The van der Waals surface area contributed by atoms with Crippen molar-refractivity contribution in [2.45, 2.75) is 6.42 Å². The standard InChI is InChI=1S/C22H19N3O3/c26-21(14-25-15-22(27)28-20-4-2-1-3-19(20)25)24-18-7-5-16(6-8-18)13-17-9-11-23-12-10-17/h1-12H,13-15H2,(H,24,26). The predicted octanol–water partition coefficient (Wildman–Crippen LogP) is 3.04. The summed E-state index contributed by atoms with van der Waals surface area (Å²) in [6.45, 7) is 0.125. The van der Waals surface area contributed by atoms with Crippen molar-refractivity contribution < 1.29 is 14.3 Å². The highest BCUT2D eigenvalue weighted by atomic mass is 16.5. The average molecular weight is 373 g/mol. The number of hydrogen-bond donors (Lipinski definition) is 1. The predicted molar refractivity (Wildman–Crippen MR) is 106 cm³/mol. The number of carbonyl (C=O) groups excluding carboxylic acids is 2. The van der Waals surface area contributed by atoms with Crippen LogP contribution in [0, 0.1) is 0 Å². The second kappa shape index (κ2) is 7.92. The number of aromatic nitrogens is 1. The summed E-state index contributed by atoms with van der Waals surface area (Å²) in [5.41, 5.74) is 3.79. The number of para-hydroxylation sites is 2. The molecule has 1 aliphatic heterocycles. The van der Waals surface area contributed by atoms with Crippen molar-refractivity contribution in [3.8, 4) is 5.75 Å². The van der Waals surface area contributed by atoms with E-state index in [1.165, 1.54) is 5.56 Å². The van der Waals surface area contributed by atoms with Gasteiger partial charge >= 0.3 is 5.97 Å². The molecule has 0 aliphatic carbocycles. The zero-order valence-corrected chi connectivity index (χ0v) is 15.2. The topological polar surface area (TPSA) is 71.5 Å². The van der Waals surface area contributed by atoms with E-state index in [9.17, 15) is 9.59 Å². The quantitative estimate of drug-likeness (QED) is 0.550. The van der Waals surface area contributed by atoms with Crippen LogP contribution in [0.3, 0.4) is 0 Å². The van der Waals surface area contributed by atoms with Gasteiger partial charge in [-0.3, -0.25) is 9.78 Å². The molecule has 2 aromatic carbocycles. The van der Waals surface area contributed by atoms with Gasteiger partial charge in [0.05, 0.1) is 12.2 Å². The molecule has 0 fully saturated rings. The molecule has 1 aromatic heterocycles. The van der Waals surface area contributed by atoms with E-state index in [1.807, 2.05) is 48.5 Å². The lowest BCUT2D eigenvalue weighted by molar-refractivity contribution is -0.133. The van der Waals surface area contributed by atoms with Crippen LogP contribution in [0.15, 0.2) is 73.1 Å². The van der Waals surface area contributed by atoms with Crippen molar-refractivity contribution in [1.82, 2.24) is 4.98 Å². The minimum absolute atomic E-state index is 0.0509. The molecule has 1 amide bonds. The Morgan fingerprint density at radius 1 is 1.00 bits per heavy atom. The smallest absolute Gasteiger partial charge is 0.331 e. The minimum Gasteiger partial charge on any atom is -0.423 e. The number of esters is 1. The molecule has 3 aromatic rings. The van der Waals surface area contributed by atoms with E-state index in [0.29, 0.717) is 5.75 Å². The van der Waals surface area contributed by atoms with Crippen molar-refractivity contribution >= 4 is 23.3 Å². The third-order valence-corrected chi connectivity index (χ3v) is 4.48. The Labute approximate surface area is 162 Å². The summed E-state index contributed by atoms with van der Waals surface area (Å²) in [4.78, 5) is 30.0. The van der Waals surface area contributed by atoms with Gasteiger partial charge in [-0.1, -0.05) is 24.3 Å². The number of benzene rings is 2. The Balaban J connectivity index is 1.38. The van der Waals surface area contributed by atoms with E-state index >= 15 is 0 Å². The summed E-state index contributed by atoms with van der Waals surface area (Å²) < 4.78 is 5.21. The summed E-state index contributed by atoms with van der Waals surface area (Å²) in [7, 11) is 0. The maximum atomic E-state index is 12.5. The molecule has 0 atom stereocenters. The zero-order chi connectivity index (χ0) is 19.3. The van der Waals surface area contributed by atoms with E-state index < -0.39 is 0 Å². The van der Waals surface area contributed by atoms with Crippen LogP contribution in [0.1, 0.15) is 11.1 Å². The molecule has 0 radical (unpaired) electrons. The first-order valence-corrected chi connectivity index (χ1v) is 9.00. The van der Waals surface area contributed by atoms with Gasteiger partial charge in [0.2, 0.25) is 5.91 Å². The van der Waals surface area contributed by atoms with E-state index in [2.05, 4.69) is 10.3 Å². The Morgan fingerprint density at radius 2 is 1.71 bits per heavy atom. The van der Waals surface area contributed by atoms with Crippen LogP contribution in [-0.2, 0) is 16.0 Å². The molecule has 1 aliphatic rings. The fourth-order valence-corrected chi connectivity index (χ4v) is 3.16. The molecule has 1 N–H and O–H groups in total. The number of amides is 1. The third-order valence-electron chi connectivity index (χ3n) is 4.48. The summed E-state index contributed by atoms with van der Waals surface area (Å²) in [6.07, 6.45) is 4.36. The number of fused-ring (bicyclic) bond motifs is 1. The molecular formula is C22H19N3O3. The lowest BCUT2D eigenvalue weighted by atomic mass is 10.1. The highest BCUT2D eigenvalue weighted by molar-refractivity contribution is 5.96. The second-order valence-electron chi connectivity index (χ2n) is 6.58. The Hall–Kier alpha value is -3.67. The van der Waals surface area contributed by atoms with Gasteiger partial charge in [0.1, 0.15) is 6.54 Å². The Kier molecular flexibility index (Phi) is 5.01. The summed E-state index contributed by atoms with van der Waals surface area (Å²) in [5, 5.41) is 2.88. The molecule has 2 heterocycles. The van der Waals surface area contributed by atoms with Crippen molar-refractivity contribution in [2.75, 3.05) is 23.3 Å².